The molecular weight excluding hydrogens is 426 g/mol. The van der Waals surface area contributed by atoms with Crippen LogP contribution in [0.5, 0.6) is 0 Å². The molecule has 0 aromatic heterocycles. The van der Waals surface area contributed by atoms with Crippen molar-refractivity contribution in [2.75, 3.05) is 19.4 Å². The van der Waals surface area contributed by atoms with Crippen LogP contribution in [0.4, 0.5) is 0 Å². The van der Waals surface area contributed by atoms with E-state index >= 15 is 0 Å². The monoisotopic (exact) mass is 451 g/mol. The van der Waals surface area contributed by atoms with Gasteiger partial charge in [0, 0.05) is 0 Å². The number of hydrogen-bond acceptors (Lipinski definition) is 5. The number of hydrogen-bond donors (Lipinski definition) is 0. The molecule has 1 aliphatic rings. The second-order valence-corrected chi connectivity index (χ2v) is 14.5. The molecule has 0 unspecified atom stereocenters. The molecule has 0 saturated carbocycles. The van der Waals surface area contributed by atoms with Crippen molar-refractivity contribution in [3.05, 3.63) is 12.7 Å². The summed E-state index contributed by atoms with van der Waals surface area (Å²) in [7, 11) is -0.281. The normalized spacial score (nSPS) is 21.9. The average Bonchev–Trinajstić information content (AvgIpc) is 2.45. The molecule has 0 N–H and O–H groups in total. The fraction of sp³-hybridized carbons (Fsp3) is 0.733. The number of β-lactam (4-membered cyclic amide) rings is 1. The summed E-state index contributed by atoms with van der Waals surface area (Å²) in [5, 5.41) is -0.00689. The summed E-state index contributed by atoms with van der Waals surface area (Å²) in [5.41, 5.74) is 0. The number of carbonyl (C=O) groups excluding carboxylic acids is 2. The maximum atomic E-state index is 12.3. The van der Waals surface area contributed by atoms with Gasteiger partial charge in [0.1, 0.15) is 0 Å². The van der Waals surface area contributed by atoms with Crippen molar-refractivity contribution in [2.24, 2.45) is 0 Å². The Hall–Kier alpha value is -0.0529. The maximum absolute atomic E-state index is 12.3. The van der Waals surface area contributed by atoms with Gasteiger partial charge in [-0.05, 0) is 0 Å². The van der Waals surface area contributed by atoms with Gasteiger partial charge in [0.15, 0.2) is 0 Å². The van der Waals surface area contributed by atoms with Crippen LogP contribution in [0.2, 0.25) is 18.1 Å². The number of nitrogens with zero attached hydrogens (tertiary/aromatic N) is 1. The molecule has 5 nitrogen and oxygen atoms in total. The Balaban J connectivity index is 2.58. The second-order valence-electron chi connectivity index (χ2n) is 7.26. The summed E-state index contributed by atoms with van der Waals surface area (Å²) in [6, 6.07) is 0. The standard InChI is InChI=1S/C15H27NO4SSi.Ag/c1-7-8-19-11(17)9-16-13(18)12(14(16)21)20-10-22(5,6)15(2,3)4;/h7,12,14,21H,1,8-10H2,2-6H3;/q;+1/p-1/t12-,14+;/m0./s1. The molecule has 0 bridgehead atoms. The van der Waals surface area contributed by atoms with Gasteiger partial charge in [0.05, 0.1) is 0 Å². The molecule has 8 heteroatoms. The number of carbonyl (C=O) groups is 2. The quantitative estimate of drug-likeness (QED) is 0.245. The Morgan fingerprint density at radius 3 is 2.57 bits per heavy atom. The number of esters is 1. The van der Waals surface area contributed by atoms with Gasteiger partial charge in [-0.15, -0.1) is 0 Å². The number of amides is 1. The summed E-state index contributed by atoms with van der Waals surface area (Å²) in [6.45, 7) is 14.7. The first-order valence-corrected chi connectivity index (χ1v) is 13.2. The third kappa shape index (κ3) is 5.21. The summed E-state index contributed by atoms with van der Waals surface area (Å²) in [4.78, 5) is 25.4. The van der Waals surface area contributed by atoms with E-state index in [-0.39, 0.29) is 29.5 Å². The van der Waals surface area contributed by atoms with Gasteiger partial charge in [0.2, 0.25) is 0 Å². The molecule has 1 rings (SSSR count). The van der Waals surface area contributed by atoms with Crippen molar-refractivity contribution in [3.63, 3.8) is 0 Å². The Morgan fingerprint density at radius 2 is 2.09 bits per heavy atom. The van der Waals surface area contributed by atoms with Crippen LogP contribution in [0.25, 0.3) is 0 Å². The van der Waals surface area contributed by atoms with Crippen molar-refractivity contribution >= 4 is 29.2 Å². The van der Waals surface area contributed by atoms with Gasteiger partial charge >= 0.3 is 155 Å². The van der Waals surface area contributed by atoms with E-state index in [1.807, 2.05) is 0 Å². The molecule has 136 valence electrons. The van der Waals surface area contributed by atoms with Crippen LogP contribution in [0.15, 0.2) is 12.7 Å². The van der Waals surface area contributed by atoms with E-state index in [9.17, 15) is 9.59 Å². The van der Waals surface area contributed by atoms with E-state index in [0.29, 0.717) is 6.23 Å². The van der Waals surface area contributed by atoms with Gasteiger partial charge in [-0.25, -0.2) is 0 Å². The molecule has 1 saturated heterocycles. The fourth-order valence-corrected chi connectivity index (χ4v) is 4.41. The predicted molar refractivity (Wildman–Crippen MR) is 91.2 cm³/mol. The van der Waals surface area contributed by atoms with E-state index in [1.54, 1.807) is 0 Å². The van der Waals surface area contributed by atoms with E-state index in [1.165, 1.54) is 20.2 Å². The van der Waals surface area contributed by atoms with Crippen LogP contribution < -0.4 is 0 Å². The second kappa shape index (κ2) is 8.36. The zero-order chi connectivity index (χ0) is 17.8. The van der Waals surface area contributed by atoms with Crippen LogP contribution in [0, 0.1) is 0 Å². The topological polar surface area (TPSA) is 55.8 Å². The van der Waals surface area contributed by atoms with Crippen LogP contribution in [0.1, 0.15) is 20.8 Å². The fourth-order valence-electron chi connectivity index (χ4n) is 1.74. The molecule has 23 heavy (non-hydrogen) atoms. The summed E-state index contributed by atoms with van der Waals surface area (Å²) < 4.78 is 10.9. The zero-order valence-corrected chi connectivity index (χ0v) is 17.6. The van der Waals surface area contributed by atoms with Gasteiger partial charge < -0.3 is 0 Å². The molecule has 0 radical (unpaired) electrons. The van der Waals surface area contributed by atoms with E-state index in [4.69, 9.17) is 9.47 Å². The van der Waals surface area contributed by atoms with Crippen molar-refractivity contribution < 1.29 is 38.8 Å². The molecule has 0 aliphatic carbocycles. The molecule has 1 amide bonds. The van der Waals surface area contributed by atoms with Crippen molar-refractivity contribution in [2.45, 2.75) is 50.4 Å². The molecule has 0 spiro atoms. The molecule has 2 atom stereocenters. The Labute approximate surface area is 155 Å². The van der Waals surface area contributed by atoms with Gasteiger partial charge in [-0.3, -0.25) is 0 Å². The van der Waals surface area contributed by atoms with Gasteiger partial charge in [-0.2, -0.15) is 0 Å². The Morgan fingerprint density at radius 1 is 1.48 bits per heavy atom. The first-order chi connectivity index (χ1) is 10.5. The summed E-state index contributed by atoms with van der Waals surface area (Å²) >= 11 is 3.34. The molecule has 0 aromatic rings. The van der Waals surface area contributed by atoms with Crippen LogP contribution in [-0.2, 0) is 38.8 Å². The van der Waals surface area contributed by atoms with Gasteiger partial charge in [0.25, 0.3) is 0 Å². The van der Waals surface area contributed by atoms with E-state index < -0.39 is 20.1 Å². The van der Waals surface area contributed by atoms with Crippen LogP contribution in [0.3, 0.4) is 0 Å². The first-order valence-electron chi connectivity index (χ1n) is 7.48. The van der Waals surface area contributed by atoms with E-state index in [2.05, 4.69) is 60.2 Å². The van der Waals surface area contributed by atoms with Crippen LogP contribution >= 0.6 is 9.23 Å². The van der Waals surface area contributed by atoms with Crippen molar-refractivity contribution in [1.29, 1.82) is 0 Å². The number of rotatable bonds is 8. The minimum atomic E-state index is -1.61. The number of likely N-dealkylation sites (tertiary alicyclic amines) is 1. The summed E-state index contributed by atoms with van der Waals surface area (Å²) in [5.74, 6) is -0.594. The molecule has 0 aromatic carbocycles. The van der Waals surface area contributed by atoms with E-state index in [0.717, 1.165) is 0 Å². The third-order valence-corrected chi connectivity index (χ3v) is 11.2. The average molecular weight is 452 g/mol. The summed E-state index contributed by atoms with van der Waals surface area (Å²) in [6.07, 6.45) is 1.61. The Bertz CT molecular complexity index is 467. The third-order valence-electron chi connectivity index (χ3n) is 4.48. The molecule has 1 aliphatic heterocycles. The SMILES string of the molecule is C=CCOC(=O)CN1C(=O)[C@H](OC[Si](C)(C)C(C)(C)C)[C@H]1[S][Ag]. The van der Waals surface area contributed by atoms with Crippen molar-refractivity contribution in [3.8, 4) is 0 Å². The van der Waals surface area contributed by atoms with Gasteiger partial charge in [-0.1, -0.05) is 0 Å². The number of ether oxygens (including phenoxy) is 2. The Kier molecular flexibility index (Phi) is 7.63. The molecule has 1 fully saturated rings. The molecule has 1 heterocycles. The predicted octanol–water partition coefficient (Wildman–Crippen LogP) is 2.51. The van der Waals surface area contributed by atoms with Crippen LogP contribution in [-0.4, -0.2) is 55.7 Å². The first kappa shape index (κ1) is 21.0. The molecular formula is C15H26AgNO4SSi. The minimum absolute atomic E-state index is 0.0600. The zero-order valence-electron chi connectivity index (χ0n) is 14.4. The van der Waals surface area contributed by atoms with Crippen molar-refractivity contribution in [1.82, 2.24) is 4.90 Å².